The Morgan fingerprint density at radius 1 is 1.56 bits per heavy atom. The number of nitrogens with one attached hydrogen (secondary N) is 1. The first-order chi connectivity index (χ1) is 7.72. The molecular formula is C13H22N2O. The molecule has 1 atom stereocenters. The minimum Gasteiger partial charge on any atom is -0.468 e. The summed E-state index contributed by atoms with van der Waals surface area (Å²) in [6.07, 6.45) is 4.33. The molecule has 0 amide bonds. The maximum atomic E-state index is 5.40. The molecule has 90 valence electrons. The summed E-state index contributed by atoms with van der Waals surface area (Å²) in [7, 11) is 0. The SMILES string of the molecule is CCN(Cc1ccco1)CC1(C)CCCN1. The zero-order valence-corrected chi connectivity index (χ0v) is 10.3. The fourth-order valence-corrected chi connectivity index (χ4v) is 2.49. The van der Waals surface area contributed by atoms with Gasteiger partial charge in [-0.3, -0.25) is 4.90 Å². The van der Waals surface area contributed by atoms with Gasteiger partial charge in [0.05, 0.1) is 12.8 Å². The van der Waals surface area contributed by atoms with Gasteiger partial charge in [0.2, 0.25) is 0 Å². The highest BCUT2D eigenvalue weighted by molar-refractivity contribution is 4.99. The summed E-state index contributed by atoms with van der Waals surface area (Å²) in [6, 6.07) is 4.01. The Hall–Kier alpha value is -0.800. The van der Waals surface area contributed by atoms with Gasteiger partial charge in [-0.2, -0.15) is 0 Å². The van der Waals surface area contributed by atoms with Gasteiger partial charge in [0.15, 0.2) is 0 Å². The topological polar surface area (TPSA) is 28.4 Å². The van der Waals surface area contributed by atoms with Crippen LogP contribution >= 0.6 is 0 Å². The van der Waals surface area contributed by atoms with Gasteiger partial charge >= 0.3 is 0 Å². The molecule has 1 N–H and O–H groups in total. The first-order valence-corrected chi connectivity index (χ1v) is 6.22. The summed E-state index contributed by atoms with van der Waals surface area (Å²) in [4.78, 5) is 2.44. The normalized spacial score (nSPS) is 25.4. The summed E-state index contributed by atoms with van der Waals surface area (Å²) in [5.41, 5.74) is 0.294. The molecule has 0 saturated carbocycles. The Balaban J connectivity index is 1.90. The van der Waals surface area contributed by atoms with Crippen molar-refractivity contribution in [2.75, 3.05) is 19.6 Å². The number of rotatable bonds is 5. The molecule has 1 aromatic rings. The molecule has 1 aromatic heterocycles. The van der Waals surface area contributed by atoms with E-state index in [0.717, 1.165) is 31.9 Å². The fourth-order valence-electron chi connectivity index (χ4n) is 2.49. The Kier molecular flexibility index (Phi) is 3.66. The maximum absolute atomic E-state index is 5.40. The fraction of sp³-hybridized carbons (Fsp3) is 0.692. The van der Waals surface area contributed by atoms with Crippen LogP contribution < -0.4 is 5.32 Å². The standard InChI is InChI=1S/C13H22N2O/c1-3-15(10-12-6-4-9-16-12)11-13(2)7-5-8-14-13/h4,6,9,14H,3,5,7-8,10-11H2,1-2H3. The number of hydrogen-bond donors (Lipinski definition) is 1. The van der Waals surface area contributed by atoms with Crippen LogP contribution in [0.2, 0.25) is 0 Å². The van der Waals surface area contributed by atoms with Crippen molar-refractivity contribution in [3.63, 3.8) is 0 Å². The third-order valence-corrected chi connectivity index (χ3v) is 3.44. The van der Waals surface area contributed by atoms with Gasteiger partial charge in [-0.1, -0.05) is 6.92 Å². The molecule has 1 saturated heterocycles. The summed E-state index contributed by atoms with van der Waals surface area (Å²) >= 11 is 0. The van der Waals surface area contributed by atoms with E-state index in [1.165, 1.54) is 12.8 Å². The number of likely N-dealkylation sites (N-methyl/N-ethyl adjacent to an activating group) is 1. The first-order valence-electron chi connectivity index (χ1n) is 6.22. The molecule has 1 aliphatic rings. The predicted octanol–water partition coefficient (Wildman–Crippen LogP) is 2.24. The Morgan fingerprint density at radius 2 is 2.44 bits per heavy atom. The van der Waals surface area contributed by atoms with Crippen molar-refractivity contribution in [1.82, 2.24) is 10.2 Å². The Bertz CT molecular complexity index is 302. The van der Waals surface area contributed by atoms with Gasteiger partial charge in [0, 0.05) is 12.1 Å². The molecule has 3 heteroatoms. The number of furan rings is 1. The van der Waals surface area contributed by atoms with Crippen molar-refractivity contribution in [3.8, 4) is 0 Å². The van der Waals surface area contributed by atoms with Crippen molar-refractivity contribution in [1.29, 1.82) is 0 Å². The second kappa shape index (κ2) is 5.02. The lowest BCUT2D eigenvalue weighted by molar-refractivity contribution is 0.192. The van der Waals surface area contributed by atoms with E-state index in [-0.39, 0.29) is 0 Å². The van der Waals surface area contributed by atoms with Gasteiger partial charge < -0.3 is 9.73 Å². The van der Waals surface area contributed by atoms with Crippen molar-refractivity contribution >= 4 is 0 Å². The highest BCUT2D eigenvalue weighted by Gasteiger charge is 2.29. The number of hydrogen-bond acceptors (Lipinski definition) is 3. The second-order valence-electron chi connectivity index (χ2n) is 4.97. The highest BCUT2D eigenvalue weighted by atomic mass is 16.3. The Labute approximate surface area is 97.8 Å². The second-order valence-corrected chi connectivity index (χ2v) is 4.97. The Morgan fingerprint density at radius 3 is 3.00 bits per heavy atom. The van der Waals surface area contributed by atoms with Crippen molar-refractivity contribution < 1.29 is 4.42 Å². The van der Waals surface area contributed by atoms with Gasteiger partial charge in [-0.25, -0.2) is 0 Å². The van der Waals surface area contributed by atoms with Crippen LogP contribution in [0, 0.1) is 0 Å². The monoisotopic (exact) mass is 222 g/mol. The van der Waals surface area contributed by atoms with E-state index >= 15 is 0 Å². The minimum atomic E-state index is 0.294. The molecule has 0 spiro atoms. The van der Waals surface area contributed by atoms with Crippen LogP contribution in [0.5, 0.6) is 0 Å². The van der Waals surface area contributed by atoms with Gasteiger partial charge in [-0.05, 0) is 45.0 Å². The molecular weight excluding hydrogens is 200 g/mol. The molecule has 0 bridgehead atoms. The quantitative estimate of drug-likeness (QED) is 0.828. The minimum absolute atomic E-state index is 0.294. The van der Waals surface area contributed by atoms with Crippen LogP contribution in [-0.2, 0) is 6.54 Å². The third-order valence-electron chi connectivity index (χ3n) is 3.44. The largest absolute Gasteiger partial charge is 0.468 e. The molecule has 0 aliphatic carbocycles. The molecule has 1 aliphatic heterocycles. The lowest BCUT2D eigenvalue weighted by atomic mass is 9.99. The van der Waals surface area contributed by atoms with E-state index in [2.05, 4.69) is 24.1 Å². The van der Waals surface area contributed by atoms with E-state index in [1.807, 2.05) is 12.1 Å². The summed E-state index contributed by atoms with van der Waals surface area (Å²) in [5, 5.41) is 3.61. The average Bonchev–Trinajstić information content (AvgIpc) is 2.89. The smallest absolute Gasteiger partial charge is 0.117 e. The van der Waals surface area contributed by atoms with Crippen molar-refractivity contribution in [2.24, 2.45) is 0 Å². The van der Waals surface area contributed by atoms with Crippen LogP contribution in [0.1, 0.15) is 32.4 Å². The molecule has 3 nitrogen and oxygen atoms in total. The molecule has 0 radical (unpaired) electrons. The molecule has 2 rings (SSSR count). The van der Waals surface area contributed by atoms with E-state index in [0.29, 0.717) is 5.54 Å². The lowest BCUT2D eigenvalue weighted by Crippen LogP contribution is -2.47. The molecule has 1 fully saturated rings. The zero-order valence-electron chi connectivity index (χ0n) is 10.3. The van der Waals surface area contributed by atoms with Gasteiger partial charge in [-0.15, -0.1) is 0 Å². The number of nitrogens with zero attached hydrogens (tertiary/aromatic N) is 1. The molecule has 16 heavy (non-hydrogen) atoms. The van der Waals surface area contributed by atoms with Crippen LogP contribution in [0.3, 0.4) is 0 Å². The lowest BCUT2D eigenvalue weighted by Gasteiger charge is -2.31. The summed E-state index contributed by atoms with van der Waals surface area (Å²) < 4.78 is 5.40. The van der Waals surface area contributed by atoms with Crippen molar-refractivity contribution in [3.05, 3.63) is 24.2 Å². The van der Waals surface area contributed by atoms with Crippen molar-refractivity contribution in [2.45, 2.75) is 38.8 Å². The van der Waals surface area contributed by atoms with E-state index in [1.54, 1.807) is 6.26 Å². The summed E-state index contributed by atoms with van der Waals surface area (Å²) in [6.45, 7) is 8.78. The van der Waals surface area contributed by atoms with Gasteiger partial charge in [0.25, 0.3) is 0 Å². The molecule has 1 unspecified atom stereocenters. The van der Waals surface area contributed by atoms with Crippen LogP contribution in [-0.4, -0.2) is 30.1 Å². The predicted molar refractivity (Wildman–Crippen MR) is 65.3 cm³/mol. The first kappa shape index (κ1) is 11.7. The van der Waals surface area contributed by atoms with Crippen LogP contribution in [0.4, 0.5) is 0 Å². The van der Waals surface area contributed by atoms with E-state index < -0.39 is 0 Å². The maximum Gasteiger partial charge on any atom is 0.117 e. The van der Waals surface area contributed by atoms with Crippen LogP contribution in [0.15, 0.2) is 22.8 Å². The highest BCUT2D eigenvalue weighted by Crippen LogP contribution is 2.20. The molecule has 2 heterocycles. The zero-order chi connectivity index (χ0) is 11.4. The van der Waals surface area contributed by atoms with E-state index in [4.69, 9.17) is 4.42 Å². The van der Waals surface area contributed by atoms with E-state index in [9.17, 15) is 0 Å². The van der Waals surface area contributed by atoms with Gasteiger partial charge in [0.1, 0.15) is 5.76 Å². The molecule has 0 aromatic carbocycles. The average molecular weight is 222 g/mol. The van der Waals surface area contributed by atoms with Crippen LogP contribution in [0.25, 0.3) is 0 Å². The third kappa shape index (κ3) is 2.86. The summed E-state index contributed by atoms with van der Waals surface area (Å²) in [5.74, 6) is 1.06.